The quantitative estimate of drug-likeness (QED) is 0.515. The second-order valence-electron chi connectivity index (χ2n) is 5.87. The molecular weight excluding hydrogens is 364 g/mol. The molecule has 0 aliphatic rings. The molecule has 0 aliphatic carbocycles. The summed E-state index contributed by atoms with van der Waals surface area (Å²) < 4.78 is 10.9. The van der Waals surface area contributed by atoms with E-state index in [1.54, 1.807) is 24.3 Å². The van der Waals surface area contributed by atoms with E-state index in [1.807, 2.05) is 42.5 Å². The summed E-state index contributed by atoms with van der Waals surface area (Å²) >= 11 is 6.09. The predicted molar refractivity (Wildman–Crippen MR) is 105 cm³/mol. The lowest BCUT2D eigenvalue weighted by atomic mass is 10.1. The highest BCUT2D eigenvalue weighted by molar-refractivity contribution is 6.32. The summed E-state index contributed by atoms with van der Waals surface area (Å²) in [5.74, 6) is 0.750. The minimum Gasteiger partial charge on any atom is -0.495 e. The number of hydrogen-bond acceptors (Lipinski definition) is 4. The normalized spacial score (nSPS) is 10.7. The number of amides is 1. The van der Waals surface area contributed by atoms with E-state index in [4.69, 9.17) is 20.8 Å². The maximum Gasteiger partial charge on any atom is 0.255 e. The number of oxazole rings is 1. The van der Waals surface area contributed by atoms with Gasteiger partial charge in [-0.3, -0.25) is 4.79 Å². The van der Waals surface area contributed by atoms with Crippen LogP contribution in [0.5, 0.6) is 5.75 Å². The number of halogens is 1. The number of nitrogens with one attached hydrogen (secondary N) is 1. The van der Waals surface area contributed by atoms with Gasteiger partial charge in [0.2, 0.25) is 5.89 Å². The Morgan fingerprint density at radius 1 is 1.07 bits per heavy atom. The van der Waals surface area contributed by atoms with Gasteiger partial charge in [-0.05, 0) is 48.5 Å². The Balaban J connectivity index is 1.59. The molecule has 0 bridgehead atoms. The minimum atomic E-state index is -0.269. The van der Waals surface area contributed by atoms with Gasteiger partial charge in [0, 0.05) is 16.8 Å². The summed E-state index contributed by atoms with van der Waals surface area (Å²) in [5, 5.41) is 3.24. The molecule has 3 aromatic carbocycles. The smallest absolute Gasteiger partial charge is 0.255 e. The summed E-state index contributed by atoms with van der Waals surface area (Å²) in [4.78, 5) is 17.0. The van der Waals surface area contributed by atoms with E-state index in [0.29, 0.717) is 27.9 Å². The molecule has 0 saturated heterocycles. The second-order valence-corrected chi connectivity index (χ2v) is 6.28. The number of hydrogen-bond donors (Lipinski definition) is 1. The Bertz CT molecular complexity index is 1100. The molecule has 5 nitrogen and oxygen atoms in total. The van der Waals surface area contributed by atoms with Crippen molar-refractivity contribution in [2.45, 2.75) is 0 Å². The lowest BCUT2D eigenvalue weighted by molar-refractivity contribution is 0.102. The lowest BCUT2D eigenvalue weighted by Crippen LogP contribution is -2.11. The van der Waals surface area contributed by atoms with Gasteiger partial charge in [-0.25, -0.2) is 4.98 Å². The van der Waals surface area contributed by atoms with Gasteiger partial charge in [-0.2, -0.15) is 0 Å². The van der Waals surface area contributed by atoms with E-state index in [-0.39, 0.29) is 5.91 Å². The molecule has 0 unspecified atom stereocenters. The number of benzene rings is 3. The maximum atomic E-state index is 12.5. The topological polar surface area (TPSA) is 64.4 Å². The zero-order valence-corrected chi connectivity index (χ0v) is 15.2. The van der Waals surface area contributed by atoms with Gasteiger partial charge in [0.05, 0.1) is 12.1 Å². The number of anilines is 1. The van der Waals surface area contributed by atoms with Crippen molar-refractivity contribution in [2.75, 3.05) is 12.4 Å². The number of carbonyl (C=O) groups is 1. The molecule has 0 aliphatic heterocycles. The van der Waals surface area contributed by atoms with Crippen LogP contribution < -0.4 is 10.1 Å². The molecule has 134 valence electrons. The van der Waals surface area contributed by atoms with Crippen molar-refractivity contribution in [3.8, 4) is 17.2 Å². The van der Waals surface area contributed by atoms with Crippen molar-refractivity contribution < 1.29 is 13.9 Å². The van der Waals surface area contributed by atoms with Crippen LogP contribution in [0.25, 0.3) is 22.6 Å². The van der Waals surface area contributed by atoms with E-state index >= 15 is 0 Å². The Hall–Kier alpha value is -3.31. The molecule has 27 heavy (non-hydrogen) atoms. The second kappa shape index (κ2) is 7.13. The molecule has 0 saturated carbocycles. The standard InChI is InChI=1S/C21H15ClN2O3/c1-26-18-10-9-13(12-16(18)22)20(25)23-15-6-4-5-14(11-15)21-24-17-7-2-3-8-19(17)27-21/h2-12H,1H3,(H,23,25). The number of methoxy groups -OCH3 is 1. The number of nitrogens with zero attached hydrogens (tertiary/aromatic N) is 1. The first-order valence-corrected chi connectivity index (χ1v) is 8.63. The van der Waals surface area contributed by atoms with Crippen LogP contribution in [-0.4, -0.2) is 18.0 Å². The van der Waals surface area contributed by atoms with Crippen molar-refractivity contribution in [1.82, 2.24) is 4.98 Å². The van der Waals surface area contributed by atoms with Gasteiger partial charge < -0.3 is 14.5 Å². The zero-order chi connectivity index (χ0) is 18.8. The molecular formula is C21H15ClN2O3. The molecule has 0 radical (unpaired) electrons. The van der Waals surface area contributed by atoms with Crippen molar-refractivity contribution in [2.24, 2.45) is 0 Å². The van der Waals surface area contributed by atoms with Crippen molar-refractivity contribution >= 4 is 34.3 Å². The van der Waals surface area contributed by atoms with E-state index in [1.165, 1.54) is 7.11 Å². The van der Waals surface area contributed by atoms with Crippen LogP contribution in [0.4, 0.5) is 5.69 Å². The summed E-state index contributed by atoms with van der Waals surface area (Å²) in [5.41, 5.74) is 3.35. The third kappa shape index (κ3) is 3.50. The molecule has 6 heteroatoms. The number of rotatable bonds is 4. The fourth-order valence-corrected chi connectivity index (χ4v) is 2.99. The van der Waals surface area contributed by atoms with Crippen LogP contribution >= 0.6 is 11.6 Å². The average molecular weight is 379 g/mol. The average Bonchev–Trinajstić information content (AvgIpc) is 3.12. The predicted octanol–water partition coefficient (Wildman–Crippen LogP) is 5.41. The summed E-state index contributed by atoms with van der Waals surface area (Å²) in [6.07, 6.45) is 0. The molecule has 1 amide bonds. The third-order valence-corrected chi connectivity index (χ3v) is 4.37. The SMILES string of the molecule is COc1ccc(C(=O)Nc2cccc(-c3nc4ccccc4o3)c2)cc1Cl. The Morgan fingerprint density at radius 3 is 2.70 bits per heavy atom. The summed E-state index contributed by atoms with van der Waals surface area (Å²) in [7, 11) is 1.53. The number of ether oxygens (including phenoxy) is 1. The van der Waals surface area contributed by atoms with E-state index in [2.05, 4.69) is 10.3 Å². The van der Waals surface area contributed by atoms with Gasteiger partial charge in [0.1, 0.15) is 11.3 Å². The van der Waals surface area contributed by atoms with Gasteiger partial charge in [-0.1, -0.05) is 29.8 Å². The first-order chi connectivity index (χ1) is 13.1. The van der Waals surface area contributed by atoms with Crippen molar-refractivity contribution in [3.05, 3.63) is 77.3 Å². The Kier molecular flexibility index (Phi) is 4.52. The fourth-order valence-electron chi connectivity index (χ4n) is 2.74. The highest BCUT2D eigenvalue weighted by Crippen LogP contribution is 2.27. The minimum absolute atomic E-state index is 0.269. The number of aromatic nitrogens is 1. The lowest BCUT2D eigenvalue weighted by Gasteiger charge is -2.08. The van der Waals surface area contributed by atoms with Gasteiger partial charge in [-0.15, -0.1) is 0 Å². The van der Waals surface area contributed by atoms with Gasteiger partial charge in [0.25, 0.3) is 5.91 Å². The highest BCUT2D eigenvalue weighted by atomic mass is 35.5. The molecule has 1 N–H and O–H groups in total. The van der Waals surface area contributed by atoms with Crippen LogP contribution in [0.1, 0.15) is 10.4 Å². The van der Waals surface area contributed by atoms with E-state index in [0.717, 1.165) is 16.7 Å². The van der Waals surface area contributed by atoms with Crippen LogP contribution in [0.15, 0.2) is 71.1 Å². The monoisotopic (exact) mass is 378 g/mol. The van der Waals surface area contributed by atoms with Gasteiger partial charge >= 0.3 is 0 Å². The van der Waals surface area contributed by atoms with Crippen molar-refractivity contribution in [1.29, 1.82) is 0 Å². The van der Waals surface area contributed by atoms with Crippen LogP contribution in [0.2, 0.25) is 5.02 Å². The largest absolute Gasteiger partial charge is 0.495 e. The molecule has 1 aromatic heterocycles. The van der Waals surface area contributed by atoms with E-state index in [9.17, 15) is 4.79 Å². The van der Waals surface area contributed by atoms with Crippen LogP contribution in [-0.2, 0) is 0 Å². The highest BCUT2D eigenvalue weighted by Gasteiger charge is 2.12. The summed E-state index contributed by atoms with van der Waals surface area (Å²) in [6, 6.07) is 19.8. The van der Waals surface area contributed by atoms with Crippen molar-refractivity contribution in [3.63, 3.8) is 0 Å². The van der Waals surface area contributed by atoms with Crippen LogP contribution in [0.3, 0.4) is 0 Å². The zero-order valence-electron chi connectivity index (χ0n) is 14.4. The Labute approximate surface area is 160 Å². The number of carbonyl (C=O) groups excluding carboxylic acids is 1. The van der Waals surface area contributed by atoms with E-state index < -0.39 is 0 Å². The first kappa shape index (κ1) is 17.1. The number of para-hydroxylation sites is 2. The summed E-state index contributed by atoms with van der Waals surface area (Å²) in [6.45, 7) is 0. The molecule has 1 heterocycles. The first-order valence-electron chi connectivity index (χ1n) is 8.25. The number of fused-ring (bicyclic) bond motifs is 1. The molecule has 4 rings (SSSR count). The fraction of sp³-hybridized carbons (Fsp3) is 0.0476. The maximum absolute atomic E-state index is 12.5. The molecule has 4 aromatic rings. The molecule has 0 fully saturated rings. The molecule has 0 atom stereocenters. The van der Waals surface area contributed by atoms with Crippen LogP contribution in [0, 0.1) is 0 Å². The van der Waals surface area contributed by atoms with Gasteiger partial charge in [0.15, 0.2) is 5.58 Å². The third-order valence-electron chi connectivity index (χ3n) is 4.08. The Morgan fingerprint density at radius 2 is 1.93 bits per heavy atom. The molecule has 0 spiro atoms.